The highest BCUT2D eigenvalue weighted by Crippen LogP contribution is 2.13. The second kappa shape index (κ2) is 8.62. The molecule has 0 aromatic heterocycles. The van der Waals surface area contributed by atoms with Crippen molar-refractivity contribution in [3.8, 4) is 5.75 Å². The summed E-state index contributed by atoms with van der Waals surface area (Å²) in [6, 6.07) is 19.0. The van der Waals surface area contributed by atoms with E-state index in [1.165, 1.54) is 7.14 Å². The molecule has 2 aromatic rings. The van der Waals surface area contributed by atoms with Gasteiger partial charge in [-0.05, 0) is 36.4 Å². The number of carbonyl (C=O) groups is 1. The van der Waals surface area contributed by atoms with E-state index in [1.807, 2.05) is 12.1 Å². The summed E-state index contributed by atoms with van der Waals surface area (Å²) >= 11 is -0.0449. The van der Waals surface area contributed by atoms with Crippen LogP contribution in [0.1, 0.15) is 0 Å². The summed E-state index contributed by atoms with van der Waals surface area (Å²) in [7, 11) is 1.70. The first kappa shape index (κ1) is 18.3. The molecule has 0 saturated heterocycles. The molecule has 2 aromatic carbocycles. The van der Waals surface area contributed by atoms with Gasteiger partial charge in [0.15, 0.2) is 7.14 Å². The van der Waals surface area contributed by atoms with E-state index in [9.17, 15) is 13.2 Å². The smallest absolute Gasteiger partial charge is 0.490 e. The Balaban J connectivity index is 0.000000295. The third kappa shape index (κ3) is 6.79. The SMILES string of the molecule is COc1ccc([I+]c2ccccc2)cc1.O=C(O)C(F)(F)F. The number of alkyl halides is 3. The lowest BCUT2D eigenvalue weighted by Crippen LogP contribution is -3.61. The number of hydrogen-bond donors (Lipinski definition) is 1. The molecule has 0 heterocycles. The summed E-state index contributed by atoms with van der Waals surface area (Å²) in [5.41, 5.74) is 0. The van der Waals surface area contributed by atoms with Crippen molar-refractivity contribution < 1.29 is 49.0 Å². The normalized spacial score (nSPS) is 10.4. The molecular weight excluding hydrogens is 412 g/mol. The number of aliphatic carboxylic acids is 1. The summed E-state index contributed by atoms with van der Waals surface area (Å²) in [5, 5.41) is 7.12. The first-order valence-corrected chi connectivity index (χ1v) is 8.12. The van der Waals surface area contributed by atoms with Gasteiger partial charge in [-0.25, -0.2) is 4.79 Å². The minimum atomic E-state index is -5.08. The van der Waals surface area contributed by atoms with Gasteiger partial charge in [-0.15, -0.1) is 0 Å². The lowest BCUT2D eigenvalue weighted by molar-refractivity contribution is -0.597. The zero-order valence-electron chi connectivity index (χ0n) is 11.5. The van der Waals surface area contributed by atoms with Gasteiger partial charge < -0.3 is 9.84 Å². The number of rotatable bonds is 3. The quantitative estimate of drug-likeness (QED) is 0.728. The molecule has 0 unspecified atom stereocenters. The van der Waals surface area contributed by atoms with E-state index in [4.69, 9.17) is 14.6 Å². The van der Waals surface area contributed by atoms with E-state index in [2.05, 4.69) is 42.5 Å². The highest BCUT2D eigenvalue weighted by atomic mass is 127. The van der Waals surface area contributed by atoms with Gasteiger partial charge in [-0.1, -0.05) is 18.2 Å². The minimum absolute atomic E-state index is 0.0449. The third-order valence-electron chi connectivity index (χ3n) is 2.24. The maximum absolute atomic E-state index is 10.6. The van der Waals surface area contributed by atoms with Gasteiger partial charge in [0.05, 0.1) is 7.11 Å². The summed E-state index contributed by atoms with van der Waals surface area (Å²) in [4.78, 5) is 8.90. The first-order chi connectivity index (χ1) is 10.3. The molecule has 3 nitrogen and oxygen atoms in total. The molecular formula is C15H13F3IO3+. The second-order valence-electron chi connectivity index (χ2n) is 3.85. The average molecular weight is 425 g/mol. The maximum atomic E-state index is 10.6. The van der Waals surface area contributed by atoms with Crippen LogP contribution in [-0.2, 0) is 4.79 Å². The average Bonchev–Trinajstić information content (AvgIpc) is 2.49. The van der Waals surface area contributed by atoms with Crippen LogP contribution in [0.25, 0.3) is 0 Å². The molecule has 0 bridgehead atoms. The van der Waals surface area contributed by atoms with E-state index in [1.54, 1.807) is 7.11 Å². The number of halogens is 4. The largest absolute Gasteiger partial charge is 0.497 e. The van der Waals surface area contributed by atoms with Crippen LogP contribution in [0.4, 0.5) is 13.2 Å². The van der Waals surface area contributed by atoms with Crippen LogP contribution in [0, 0.1) is 7.14 Å². The Kier molecular flexibility index (Phi) is 7.16. The summed E-state index contributed by atoms with van der Waals surface area (Å²) < 4.78 is 39.7. The highest BCUT2D eigenvalue weighted by molar-refractivity contribution is 5.73. The predicted molar refractivity (Wildman–Crippen MR) is 70.5 cm³/mol. The zero-order valence-corrected chi connectivity index (χ0v) is 13.6. The van der Waals surface area contributed by atoms with Crippen molar-refractivity contribution in [2.45, 2.75) is 6.18 Å². The molecule has 0 aliphatic rings. The predicted octanol–water partition coefficient (Wildman–Crippen LogP) is 0.457. The van der Waals surface area contributed by atoms with E-state index in [0.717, 1.165) is 5.75 Å². The van der Waals surface area contributed by atoms with Crippen molar-refractivity contribution in [3.63, 3.8) is 0 Å². The molecule has 2 rings (SSSR count). The second-order valence-corrected chi connectivity index (χ2v) is 6.88. The molecule has 0 spiro atoms. The number of benzene rings is 2. The van der Waals surface area contributed by atoms with E-state index in [-0.39, 0.29) is 21.2 Å². The Bertz CT molecular complexity index is 583. The molecule has 0 amide bonds. The van der Waals surface area contributed by atoms with Gasteiger partial charge in [0.2, 0.25) is 0 Å². The van der Waals surface area contributed by atoms with Gasteiger partial charge in [0.25, 0.3) is 0 Å². The summed E-state index contributed by atoms with van der Waals surface area (Å²) in [6.45, 7) is 0. The number of carboxylic acids is 1. The van der Waals surface area contributed by atoms with Crippen LogP contribution >= 0.6 is 0 Å². The monoisotopic (exact) mass is 425 g/mol. The molecule has 0 saturated carbocycles. The van der Waals surface area contributed by atoms with Crippen molar-refractivity contribution in [2.24, 2.45) is 0 Å². The maximum Gasteiger partial charge on any atom is 0.490 e. The van der Waals surface area contributed by atoms with E-state index < -0.39 is 12.1 Å². The molecule has 22 heavy (non-hydrogen) atoms. The topological polar surface area (TPSA) is 46.5 Å². The Morgan fingerprint density at radius 3 is 1.86 bits per heavy atom. The van der Waals surface area contributed by atoms with Gasteiger partial charge in [0, 0.05) is 0 Å². The molecule has 1 N–H and O–H groups in total. The van der Waals surface area contributed by atoms with Gasteiger partial charge in [0.1, 0.15) is 5.75 Å². The number of carboxylic acid groups (broad SMARTS) is 1. The lowest BCUT2D eigenvalue weighted by Gasteiger charge is -1.95. The summed E-state index contributed by atoms with van der Waals surface area (Å²) in [5.74, 6) is -1.83. The van der Waals surface area contributed by atoms with Crippen molar-refractivity contribution in [1.82, 2.24) is 0 Å². The fourth-order valence-corrected chi connectivity index (χ4v) is 3.45. The van der Waals surface area contributed by atoms with Crippen molar-refractivity contribution in [1.29, 1.82) is 0 Å². The summed E-state index contributed by atoms with van der Waals surface area (Å²) in [6.07, 6.45) is -5.08. The minimum Gasteiger partial charge on any atom is -0.497 e. The van der Waals surface area contributed by atoms with Crippen molar-refractivity contribution in [2.75, 3.05) is 7.11 Å². The van der Waals surface area contributed by atoms with Gasteiger partial charge >= 0.3 is 33.4 Å². The standard InChI is InChI=1S/C13H12IO.C2HF3O2/c1-15-13-9-7-12(8-10-13)14-11-5-3-2-4-6-11;3-2(4,5)1(6)7/h2-10H,1H3;(H,6,7)/q+1;. The molecule has 0 radical (unpaired) electrons. The van der Waals surface area contributed by atoms with Crippen LogP contribution < -0.4 is 25.9 Å². The van der Waals surface area contributed by atoms with E-state index in [0.29, 0.717) is 0 Å². The van der Waals surface area contributed by atoms with Crippen LogP contribution in [0.15, 0.2) is 54.6 Å². The number of ether oxygens (including phenoxy) is 1. The molecule has 0 aliphatic heterocycles. The Morgan fingerprint density at radius 1 is 1.00 bits per heavy atom. The van der Waals surface area contributed by atoms with Crippen LogP contribution in [-0.4, -0.2) is 24.4 Å². The fourth-order valence-electron chi connectivity index (χ4n) is 1.24. The number of methoxy groups -OCH3 is 1. The Morgan fingerprint density at radius 2 is 1.45 bits per heavy atom. The Hall–Kier alpha value is -1.77. The van der Waals surface area contributed by atoms with Crippen molar-refractivity contribution >= 4 is 5.97 Å². The third-order valence-corrected chi connectivity index (χ3v) is 4.93. The molecule has 0 aliphatic carbocycles. The molecule has 0 fully saturated rings. The molecule has 118 valence electrons. The fraction of sp³-hybridized carbons (Fsp3) is 0.133. The van der Waals surface area contributed by atoms with Crippen LogP contribution in [0.5, 0.6) is 5.75 Å². The van der Waals surface area contributed by atoms with Gasteiger partial charge in [-0.3, -0.25) is 0 Å². The first-order valence-electron chi connectivity index (χ1n) is 5.97. The molecule has 7 heteroatoms. The lowest BCUT2D eigenvalue weighted by atomic mass is 10.3. The van der Waals surface area contributed by atoms with Crippen LogP contribution in [0.2, 0.25) is 0 Å². The highest BCUT2D eigenvalue weighted by Gasteiger charge is 2.38. The van der Waals surface area contributed by atoms with Gasteiger partial charge in [-0.2, -0.15) is 13.2 Å². The Labute approximate surface area is 136 Å². The molecule has 0 atom stereocenters. The van der Waals surface area contributed by atoms with Crippen LogP contribution in [0.3, 0.4) is 0 Å². The van der Waals surface area contributed by atoms with Crippen molar-refractivity contribution in [3.05, 3.63) is 61.7 Å². The zero-order chi connectivity index (χ0) is 16.6. The van der Waals surface area contributed by atoms with E-state index >= 15 is 0 Å². The number of hydrogen-bond acceptors (Lipinski definition) is 2.